The predicted octanol–water partition coefficient (Wildman–Crippen LogP) is 2.18. The topological polar surface area (TPSA) is 66.5 Å². The van der Waals surface area contributed by atoms with Gasteiger partial charge in [-0.2, -0.15) is 0 Å². The molecule has 1 amide bonds. The number of nitrogens with zero attached hydrogens (tertiary/aromatic N) is 1. The Bertz CT molecular complexity index is 683. The van der Waals surface area contributed by atoms with Gasteiger partial charge in [0.15, 0.2) is 9.84 Å². The molecule has 1 aromatic rings. The van der Waals surface area contributed by atoms with E-state index in [1.54, 1.807) is 0 Å². The summed E-state index contributed by atoms with van der Waals surface area (Å²) in [7, 11) is -1.12. The highest BCUT2D eigenvalue weighted by Gasteiger charge is 2.31. The molecule has 5 nitrogen and oxygen atoms in total. The van der Waals surface area contributed by atoms with E-state index in [4.69, 9.17) is 0 Å². The van der Waals surface area contributed by atoms with Gasteiger partial charge in [-0.1, -0.05) is 32.0 Å². The normalized spacial score (nSPS) is 20.2. The molecule has 2 rings (SSSR count). The molecule has 1 heterocycles. The molecule has 0 spiro atoms. The Balaban J connectivity index is 2.03. The first kappa shape index (κ1) is 17.9. The molecule has 0 bridgehead atoms. The fourth-order valence-electron chi connectivity index (χ4n) is 3.00. The Morgan fingerprint density at radius 2 is 2.09 bits per heavy atom. The van der Waals surface area contributed by atoms with Crippen molar-refractivity contribution >= 4 is 21.4 Å². The molecular weight excluding hydrogens is 312 g/mol. The quantitative estimate of drug-likeness (QED) is 0.893. The summed E-state index contributed by atoms with van der Waals surface area (Å²) in [5.41, 5.74) is 3.03. The summed E-state index contributed by atoms with van der Waals surface area (Å²) in [4.78, 5) is 14.2. The second kappa shape index (κ2) is 7.01. The molecule has 23 heavy (non-hydrogen) atoms. The molecule has 1 aromatic carbocycles. The van der Waals surface area contributed by atoms with Crippen LogP contribution in [0.3, 0.4) is 0 Å². The van der Waals surface area contributed by atoms with Gasteiger partial charge in [-0.05, 0) is 37.4 Å². The first-order valence-corrected chi connectivity index (χ1v) is 9.82. The highest BCUT2D eigenvalue weighted by molar-refractivity contribution is 7.91. The van der Waals surface area contributed by atoms with Crippen LogP contribution >= 0.6 is 0 Å². The van der Waals surface area contributed by atoms with Crippen LogP contribution in [0.4, 0.5) is 5.69 Å². The van der Waals surface area contributed by atoms with Crippen molar-refractivity contribution in [1.82, 2.24) is 4.90 Å². The van der Waals surface area contributed by atoms with Crippen LogP contribution in [0.5, 0.6) is 0 Å². The van der Waals surface area contributed by atoms with Gasteiger partial charge in [0, 0.05) is 11.7 Å². The lowest BCUT2D eigenvalue weighted by Gasteiger charge is -2.23. The lowest BCUT2D eigenvalue weighted by Crippen LogP contribution is -2.38. The summed E-state index contributed by atoms with van der Waals surface area (Å²) in [5.74, 6) is 0.591. The number of benzene rings is 1. The third kappa shape index (κ3) is 4.54. The van der Waals surface area contributed by atoms with Crippen molar-refractivity contribution in [3.8, 4) is 0 Å². The second-order valence-corrected chi connectivity index (χ2v) is 8.94. The van der Waals surface area contributed by atoms with Gasteiger partial charge in [-0.25, -0.2) is 8.42 Å². The SMILES string of the molecule is Cc1cccc(C(C)C)c1NC(=O)CN(C)C1CCS(=O)(=O)C1. The van der Waals surface area contributed by atoms with Crippen LogP contribution in [0.1, 0.15) is 37.3 Å². The van der Waals surface area contributed by atoms with Gasteiger partial charge in [0.1, 0.15) is 0 Å². The van der Waals surface area contributed by atoms with Crippen LogP contribution in [0.25, 0.3) is 0 Å². The van der Waals surface area contributed by atoms with Gasteiger partial charge in [0.25, 0.3) is 0 Å². The maximum Gasteiger partial charge on any atom is 0.238 e. The highest BCUT2D eigenvalue weighted by atomic mass is 32.2. The minimum Gasteiger partial charge on any atom is -0.324 e. The smallest absolute Gasteiger partial charge is 0.238 e. The fraction of sp³-hybridized carbons (Fsp3) is 0.588. The van der Waals surface area contributed by atoms with E-state index < -0.39 is 9.84 Å². The van der Waals surface area contributed by atoms with E-state index in [-0.39, 0.29) is 30.0 Å². The van der Waals surface area contributed by atoms with Gasteiger partial charge >= 0.3 is 0 Å². The molecule has 1 fully saturated rings. The molecule has 0 saturated carbocycles. The first-order chi connectivity index (χ1) is 10.7. The maximum absolute atomic E-state index is 12.4. The largest absolute Gasteiger partial charge is 0.324 e. The van der Waals surface area contributed by atoms with Crippen molar-refractivity contribution in [2.45, 2.75) is 39.2 Å². The highest BCUT2D eigenvalue weighted by Crippen LogP contribution is 2.27. The Hall–Kier alpha value is -1.40. The van der Waals surface area contributed by atoms with Crippen molar-refractivity contribution in [1.29, 1.82) is 0 Å². The molecule has 1 unspecified atom stereocenters. The number of carbonyl (C=O) groups is 1. The van der Waals surface area contributed by atoms with Gasteiger partial charge in [0.05, 0.1) is 18.1 Å². The number of para-hydroxylation sites is 1. The summed E-state index contributed by atoms with van der Waals surface area (Å²) in [6.07, 6.45) is 0.605. The zero-order valence-electron chi connectivity index (χ0n) is 14.3. The second-order valence-electron chi connectivity index (χ2n) is 6.71. The number of rotatable bonds is 5. The summed E-state index contributed by atoms with van der Waals surface area (Å²) in [6, 6.07) is 5.94. The number of carbonyl (C=O) groups excluding carboxylic acids is 1. The number of nitrogens with one attached hydrogen (secondary N) is 1. The summed E-state index contributed by atoms with van der Waals surface area (Å²) >= 11 is 0. The van der Waals surface area contributed by atoms with E-state index in [1.807, 2.05) is 37.1 Å². The number of amides is 1. The Labute approximate surface area is 139 Å². The number of hydrogen-bond donors (Lipinski definition) is 1. The summed E-state index contributed by atoms with van der Waals surface area (Å²) in [6.45, 7) is 6.38. The maximum atomic E-state index is 12.4. The number of sulfone groups is 1. The van der Waals surface area contributed by atoms with Crippen LogP contribution in [0, 0.1) is 6.92 Å². The van der Waals surface area contributed by atoms with E-state index >= 15 is 0 Å². The molecule has 1 aliphatic heterocycles. The molecular formula is C17H26N2O3S. The number of aryl methyl sites for hydroxylation is 1. The van der Waals surface area contributed by atoms with Crippen LogP contribution < -0.4 is 5.32 Å². The summed E-state index contributed by atoms with van der Waals surface area (Å²) in [5, 5.41) is 3.01. The van der Waals surface area contributed by atoms with E-state index in [0.29, 0.717) is 12.3 Å². The third-order valence-electron chi connectivity index (χ3n) is 4.42. The van der Waals surface area contributed by atoms with Gasteiger partial charge in [0.2, 0.25) is 5.91 Å². The molecule has 1 saturated heterocycles. The van der Waals surface area contributed by atoms with Crippen LogP contribution in [-0.4, -0.2) is 50.4 Å². The first-order valence-electron chi connectivity index (χ1n) is 7.99. The van der Waals surface area contributed by atoms with Crippen molar-refractivity contribution in [2.24, 2.45) is 0 Å². The van der Waals surface area contributed by atoms with Gasteiger partial charge < -0.3 is 5.32 Å². The van der Waals surface area contributed by atoms with Crippen molar-refractivity contribution < 1.29 is 13.2 Å². The van der Waals surface area contributed by atoms with Gasteiger partial charge in [-0.15, -0.1) is 0 Å². The molecule has 1 N–H and O–H groups in total. The number of likely N-dealkylation sites (N-methyl/N-ethyl adjacent to an activating group) is 1. The van der Waals surface area contributed by atoms with E-state index in [1.165, 1.54) is 0 Å². The number of anilines is 1. The van der Waals surface area contributed by atoms with Crippen LogP contribution in [0.15, 0.2) is 18.2 Å². The number of hydrogen-bond acceptors (Lipinski definition) is 4. The van der Waals surface area contributed by atoms with E-state index in [2.05, 4.69) is 19.2 Å². The van der Waals surface area contributed by atoms with Crippen molar-refractivity contribution in [3.63, 3.8) is 0 Å². The average molecular weight is 338 g/mol. The summed E-state index contributed by atoms with van der Waals surface area (Å²) < 4.78 is 23.1. The van der Waals surface area contributed by atoms with Crippen LogP contribution in [0.2, 0.25) is 0 Å². The minimum atomic E-state index is -2.93. The monoisotopic (exact) mass is 338 g/mol. The standard InChI is InChI=1S/C17H26N2O3S/c1-12(2)15-7-5-6-13(3)17(15)18-16(20)10-19(4)14-8-9-23(21,22)11-14/h5-7,12,14H,8-11H2,1-4H3,(H,18,20). The van der Waals surface area contributed by atoms with Crippen LogP contribution in [-0.2, 0) is 14.6 Å². The lowest BCUT2D eigenvalue weighted by molar-refractivity contribution is -0.117. The molecule has 128 valence electrons. The zero-order valence-corrected chi connectivity index (χ0v) is 15.1. The molecule has 0 aromatic heterocycles. The Morgan fingerprint density at radius 1 is 1.39 bits per heavy atom. The molecule has 1 aliphatic rings. The molecule has 1 atom stereocenters. The molecule has 0 aliphatic carbocycles. The predicted molar refractivity (Wildman–Crippen MR) is 93.6 cm³/mol. The van der Waals surface area contributed by atoms with E-state index in [9.17, 15) is 13.2 Å². The lowest BCUT2D eigenvalue weighted by atomic mass is 9.98. The average Bonchev–Trinajstić information content (AvgIpc) is 2.81. The fourth-order valence-corrected chi connectivity index (χ4v) is 4.81. The van der Waals surface area contributed by atoms with Crippen molar-refractivity contribution in [3.05, 3.63) is 29.3 Å². The zero-order chi connectivity index (χ0) is 17.2. The Kier molecular flexibility index (Phi) is 5.47. The minimum absolute atomic E-state index is 0.0628. The van der Waals surface area contributed by atoms with Gasteiger partial charge in [-0.3, -0.25) is 9.69 Å². The molecule has 0 radical (unpaired) electrons. The van der Waals surface area contributed by atoms with E-state index in [0.717, 1.165) is 16.8 Å². The third-order valence-corrected chi connectivity index (χ3v) is 6.17. The molecule has 6 heteroatoms. The van der Waals surface area contributed by atoms with Crippen molar-refractivity contribution in [2.75, 3.05) is 30.4 Å². The Morgan fingerprint density at radius 3 is 2.65 bits per heavy atom.